The van der Waals surface area contributed by atoms with E-state index in [0.717, 1.165) is 36.1 Å². The zero-order valence-corrected chi connectivity index (χ0v) is 15.9. The molecule has 0 aliphatic heterocycles. The minimum absolute atomic E-state index is 0. The van der Waals surface area contributed by atoms with Gasteiger partial charge in [-0.05, 0) is 37.3 Å². The Hall–Kier alpha value is -2.11. The normalized spacial score (nSPS) is 13.1. The highest BCUT2D eigenvalue weighted by Gasteiger charge is 2.28. The summed E-state index contributed by atoms with van der Waals surface area (Å²) in [5.41, 5.74) is 9.87. The number of benzene rings is 1. The smallest absolute Gasteiger partial charge is 0.270 e. The number of nitrogens with zero attached hydrogens (tertiary/aromatic N) is 1. The first-order valence-electron chi connectivity index (χ1n) is 8.89. The second-order valence-corrected chi connectivity index (χ2v) is 6.57. The topological polar surface area (TPSA) is 79.2 Å². The van der Waals surface area contributed by atoms with Crippen molar-refractivity contribution in [1.82, 2.24) is 9.88 Å². The molecule has 1 heterocycles. The fraction of sp³-hybridized carbons (Fsp3) is 0.400. The van der Waals surface area contributed by atoms with Gasteiger partial charge < -0.3 is 15.6 Å². The summed E-state index contributed by atoms with van der Waals surface area (Å²) >= 11 is 0. The third kappa shape index (κ3) is 4.17. The van der Waals surface area contributed by atoms with Gasteiger partial charge in [0.1, 0.15) is 5.69 Å². The molecule has 2 aromatic rings. The average molecular weight is 376 g/mol. The van der Waals surface area contributed by atoms with Crippen LogP contribution in [0.1, 0.15) is 50.5 Å². The van der Waals surface area contributed by atoms with E-state index in [0.29, 0.717) is 31.7 Å². The van der Waals surface area contributed by atoms with E-state index in [1.54, 1.807) is 4.90 Å². The first kappa shape index (κ1) is 20.2. The fourth-order valence-corrected chi connectivity index (χ4v) is 3.53. The van der Waals surface area contributed by atoms with Crippen LogP contribution in [0.15, 0.2) is 30.3 Å². The van der Waals surface area contributed by atoms with Gasteiger partial charge in [-0.1, -0.05) is 30.3 Å². The maximum Gasteiger partial charge on any atom is 0.270 e. The fourth-order valence-electron chi connectivity index (χ4n) is 3.53. The third-order valence-electron chi connectivity index (χ3n) is 4.85. The van der Waals surface area contributed by atoms with Crippen molar-refractivity contribution in [3.8, 4) is 0 Å². The molecule has 5 nitrogen and oxygen atoms in total. The molecular weight excluding hydrogens is 350 g/mol. The minimum atomic E-state index is -0.0684. The SMILES string of the molecule is Cc1c(C(=O)N(CCN)CCc2ccccc2)[nH]c2c1C(=O)CCC2.Cl. The van der Waals surface area contributed by atoms with Crippen LogP contribution in [-0.2, 0) is 12.8 Å². The van der Waals surface area contributed by atoms with Gasteiger partial charge in [-0.2, -0.15) is 0 Å². The lowest BCUT2D eigenvalue weighted by molar-refractivity contribution is 0.0756. The van der Waals surface area contributed by atoms with Crippen LogP contribution in [0.25, 0.3) is 0 Å². The molecular formula is C20H26ClN3O2. The van der Waals surface area contributed by atoms with Crippen molar-refractivity contribution < 1.29 is 9.59 Å². The first-order chi connectivity index (χ1) is 12.1. The molecule has 1 aromatic heterocycles. The summed E-state index contributed by atoms with van der Waals surface area (Å²) in [5, 5.41) is 0. The number of hydrogen-bond donors (Lipinski definition) is 2. The van der Waals surface area contributed by atoms with E-state index < -0.39 is 0 Å². The van der Waals surface area contributed by atoms with Crippen molar-refractivity contribution in [1.29, 1.82) is 0 Å². The van der Waals surface area contributed by atoms with Gasteiger partial charge >= 0.3 is 0 Å². The highest BCUT2D eigenvalue weighted by molar-refractivity contribution is 6.04. The van der Waals surface area contributed by atoms with Gasteiger partial charge in [-0.3, -0.25) is 9.59 Å². The van der Waals surface area contributed by atoms with E-state index in [-0.39, 0.29) is 24.1 Å². The lowest BCUT2D eigenvalue weighted by atomic mass is 9.93. The van der Waals surface area contributed by atoms with Crippen molar-refractivity contribution in [2.24, 2.45) is 5.73 Å². The maximum atomic E-state index is 13.0. The van der Waals surface area contributed by atoms with E-state index >= 15 is 0 Å². The van der Waals surface area contributed by atoms with Crippen LogP contribution in [-0.4, -0.2) is 41.2 Å². The Morgan fingerprint density at radius 1 is 1.19 bits per heavy atom. The molecule has 0 fully saturated rings. The van der Waals surface area contributed by atoms with Gasteiger partial charge in [0.25, 0.3) is 5.91 Å². The Morgan fingerprint density at radius 2 is 1.92 bits per heavy atom. The number of carbonyl (C=O) groups excluding carboxylic acids is 2. The number of aryl methyl sites for hydroxylation is 1. The van der Waals surface area contributed by atoms with Gasteiger partial charge in [0.2, 0.25) is 0 Å². The summed E-state index contributed by atoms with van der Waals surface area (Å²) in [4.78, 5) is 30.2. The molecule has 1 amide bonds. The van der Waals surface area contributed by atoms with Gasteiger partial charge in [0, 0.05) is 37.3 Å². The highest BCUT2D eigenvalue weighted by Crippen LogP contribution is 2.27. The number of aromatic nitrogens is 1. The van der Waals surface area contributed by atoms with E-state index in [1.807, 2.05) is 25.1 Å². The van der Waals surface area contributed by atoms with Gasteiger partial charge in [-0.25, -0.2) is 0 Å². The number of fused-ring (bicyclic) bond motifs is 1. The Labute approximate surface area is 160 Å². The molecule has 1 aliphatic carbocycles. The molecule has 3 rings (SSSR count). The van der Waals surface area contributed by atoms with E-state index in [2.05, 4.69) is 17.1 Å². The number of Topliss-reactive ketones (excluding diaryl/α,β-unsaturated/α-hetero) is 1. The molecule has 0 saturated heterocycles. The number of nitrogens with two attached hydrogens (primary N) is 1. The molecule has 0 bridgehead atoms. The van der Waals surface area contributed by atoms with Crippen molar-refractivity contribution in [2.75, 3.05) is 19.6 Å². The summed E-state index contributed by atoms with van der Waals surface area (Å²) in [5.74, 6) is 0.0739. The Morgan fingerprint density at radius 3 is 2.58 bits per heavy atom. The maximum absolute atomic E-state index is 13.0. The molecule has 3 N–H and O–H groups in total. The summed E-state index contributed by atoms with van der Waals surface area (Å²) < 4.78 is 0. The van der Waals surface area contributed by atoms with E-state index in [9.17, 15) is 9.59 Å². The Bertz CT molecular complexity index is 771. The lowest BCUT2D eigenvalue weighted by Crippen LogP contribution is -2.37. The predicted octanol–water partition coefficient (Wildman–Crippen LogP) is 2.91. The summed E-state index contributed by atoms with van der Waals surface area (Å²) in [6, 6.07) is 10.1. The van der Waals surface area contributed by atoms with Crippen molar-refractivity contribution in [3.05, 3.63) is 58.4 Å². The molecule has 0 atom stereocenters. The quantitative estimate of drug-likeness (QED) is 0.814. The Balaban J connectivity index is 0.00000243. The second kappa shape index (κ2) is 9.01. The number of hydrogen-bond acceptors (Lipinski definition) is 3. The van der Waals surface area contributed by atoms with Crippen LogP contribution in [0.4, 0.5) is 0 Å². The minimum Gasteiger partial charge on any atom is -0.354 e. The number of amides is 1. The van der Waals surface area contributed by atoms with Crippen molar-refractivity contribution in [3.63, 3.8) is 0 Å². The summed E-state index contributed by atoms with van der Waals surface area (Å²) in [6.07, 6.45) is 3.03. The van der Waals surface area contributed by atoms with E-state index in [4.69, 9.17) is 5.73 Å². The second-order valence-electron chi connectivity index (χ2n) is 6.57. The number of ketones is 1. The van der Waals surface area contributed by atoms with Gasteiger partial charge in [-0.15, -0.1) is 12.4 Å². The molecule has 140 valence electrons. The highest BCUT2D eigenvalue weighted by atomic mass is 35.5. The van der Waals surface area contributed by atoms with Crippen LogP contribution in [0.2, 0.25) is 0 Å². The molecule has 1 aromatic carbocycles. The van der Waals surface area contributed by atoms with Crippen LogP contribution < -0.4 is 5.73 Å². The number of aromatic amines is 1. The summed E-state index contributed by atoms with van der Waals surface area (Å²) in [7, 11) is 0. The molecule has 1 aliphatic rings. The average Bonchev–Trinajstić information content (AvgIpc) is 2.97. The number of rotatable bonds is 6. The molecule has 26 heavy (non-hydrogen) atoms. The monoisotopic (exact) mass is 375 g/mol. The van der Waals surface area contributed by atoms with Gasteiger partial charge in [0.05, 0.1) is 0 Å². The summed E-state index contributed by atoms with van der Waals surface area (Å²) in [6.45, 7) is 3.39. The van der Waals surface area contributed by atoms with Crippen LogP contribution in [0, 0.1) is 6.92 Å². The zero-order chi connectivity index (χ0) is 17.8. The van der Waals surface area contributed by atoms with Crippen LogP contribution >= 0.6 is 12.4 Å². The number of nitrogens with one attached hydrogen (secondary N) is 1. The third-order valence-corrected chi connectivity index (χ3v) is 4.85. The number of H-pyrrole nitrogens is 1. The van der Waals surface area contributed by atoms with E-state index in [1.165, 1.54) is 5.56 Å². The molecule has 6 heteroatoms. The van der Waals surface area contributed by atoms with Crippen molar-refractivity contribution >= 4 is 24.1 Å². The lowest BCUT2D eigenvalue weighted by Gasteiger charge is -2.22. The molecule has 0 unspecified atom stereocenters. The van der Waals surface area contributed by atoms with Crippen LogP contribution in [0.3, 0.4) is 0 Å². The van der Waals surface area contributed by atoms with Crippen molar-refractivity contribution in [2.45, 2.75) is 32.6 Å². The molecule has 0 radical (unpaired) electrons. The molecule has 0 saturated carbocycles. The largest absolute Gasteiger partial charge is 0.354 e. The number of halogens is 1. The number of carbonyl (C=O) groups is 2. The Kier molecular flexibility index (Phi) is 7.00. The zero-order valence-electron chi connectivity index (χ0n) is 15.1. The van der Waals surface area contributed by atoms with Crippen LogP contribution in [0.5, 0.6) is 0 Å². The molecule has 0 spiro atoms. The standard InChI is InChI=1S/C20H25N3O2.ClH/c1-14-18-16(8-5-9-17(18)24)22-19(14)20(25)23(13-11-21)12-10-15-6-3-2-4-7-15;/h2-4,6-7,22H,5,8-13,21H2,1H3;1H. The first-order valence-corrected chi connectivity index (χ1v) is 8.89. The predicted molar refractivity (Wildman–Crippen MR) is 105 cm³/mol. The van der Waals surface area contributed by atoms with Gasteiger partial charge in [0.15, 0.2) is 5.78 Å².